The van der Waals surface area contributed by atoms with Crippen LogP contribution in [0.15, 0.2) is 43.0 Å². The first-order chi connectivity index (χ1) is 7.70. The molecule has 0 saturated carbocycles. The van der Waals surface area contributed by atoms with Gasteiger partial charge in [0.2, 0.25) is 0 Å². The summed E-state index contributed by atoms with van der Waals surface area (Å²) < 4.78 is 4.43. The lowest BCUT2D eigenvalue weighted by molar-refractivity contribution is -0.137. The number of carbonyl (C=O) groups excluding carboxylic acids is 1. The first-order valence-electron chi connectivity index (χ1n) is 4.96. The van der Waals surface area contributed by atoms with Crippen LogP contribution in [0.2, 0.25) is 0 Å². The fraction of sp³-hybridized carbons (Fsp3) is 0.308. The molecule has 0 aliphatic heterocycles. The highest BCUT2D eigenvalue weighted by atomic mass is 16.5. The molecule has 1 aromatic rings. The molecule has 0 aliphatic carbocycles. The molecule has 0 aliphatic rings. The molecule has 3 nitrogen and oxygen atoms in total. The van der Waals surface area contributed by atoms with Crippen molar-refractivity contribution in [1.82, 2.24) is 0 Å². The Kier molecular flexibility index (Phi) is 14.1. The van der Waals surface area contributed by atoms with Gasteiger partial charge in [0.25, 0.3) is 0 Å². The monoisotopic (exact) mass is 224 g/mol. The molecule has 0 amide bonds. The van der Waals surface area contributed by atoms with Gasteiger partial charge < -0.3 is 9.84 Å². The number of aliphatic hydroxyl groups excluding tert-OH is 1. The summed E-state index contributed by atoms with van der Waals surface area (Å²) in [5.41, 5.74) is 1.32. The Labute approximate surface area is 97.4 Å². The van der Waals surface area contributed by atoms with Crippen molar-refractivity contribution in [3.63, 3.8) is 0 Å². The number of aryl methyl sites for hydroxylation is 1. The summed E-state index contributed by atoms with van der Waals surface area (Å²) in [6.07, 6.45) is 1.14. The van der Waals surface area contributed by atoms with Gasteiger partial charge in [-0.1, -0.05) is 42.5 Å². The summed E-state index contributed by atoms with van der Waals surface area (Å²) in [4.78, 5) is 10.1. The summed E-state index contributed by atoms with van der Waals surface area (Å²) in [6.45, 7) is 7.46. The Morgan fingerprint density at radius 2 is 1.88 bits per heavy atom. The molecule has 0 fully saturated rings. The molecular formula is C13H20O3. The van der Waals surface area contributed by atoms with Crippen molar-refractivity contribution in [1.29, 1.82) is 0 Å². The average molecular weight is 224 g/mol. The van der Waals surface area contributed by atoms with Crippen molar-refractivity contribution in [3.8, 4) is 0 Å². The van der Waals surface area contributed by atoms with Crippen LogP contribution in [0.3, 0.4) is 0 Å². The lowest BCUT2D eigenvalue weighted by Crippen LogP contribution is -1.97. The molecular weight excluding hydrogens is 204 g/mol. The molecule has 0 heterocycles. The second-order valence-electron chi connectivity index (χ2n) is 2.61. The van der Waals surface area contributed by atoms with Crippen LogP contribution < -0.4 is 0 Å². The fourth-order valence-electron chi connectivity index (χ4n) is 0.736. The smallest absolute Gasteiger partial charge is 0.330 e. The number of ether oxygens (including phenoxy) is 1. The highest BCUT2D eigenvalue weighted by molar-refractivity contribution is 5.81. The minimum atomic E-state index is -0.359. The Hall–Kier alpha value is -1.61. The predicted molar refractivity (Wildman–Crippen MR) is 66.2 cm³/mol. The lowest BCUT2D eigenvalue weighted by Gasteiger charge is -1.90. The maximum atomic E-state index is 10.1. The topological polar surface area (TPSA) is 46.5 Å². The lowest BCUT2D eigenvalue weighted by atomic mass is 10.2. The van der Waals surface area contributed by atoms with E-state index in [4.69, 9.17) is 5.11 Å². The van der Waals surface area contributed by atoms with Crippen molar-refractivity contribution < 1.29 is 14.6 Å². The highest BCUT2D eigenvalue weighted by Crippen LogP contribution is 1.92. The van der Waals surface area contributed by atoms with E-state index in [1.165, 1.54) is 5.56 Å². The number of hydrogen-bond acceptors (Lipinski definition) is 3. The Morgan fingerprint density at radius 1 is 1.38 bits per heavy atom. The first-order valence-corrected chi connectivity index (χ1v) is 4.96. The number of carbonyl (C=O) groups is 1. The van der Waals surface area contributed by atoms with Gasteiger partial charge in [0.05, 0.1) is 6.61 Å². The van der Waals surface area contributed by atoms with Gasteiger partial charge in [-0.05, 0) is 13.8 Å². The van der Waals surface area contributed by atoms with Crippen LogP contribution in [0.1, 0.15) is 12.5 Å². The van der Waals surface area contributed by atoms with Crippen LogP contribution in [0.25, 0.3) is 0 Å². The van der Waals surface area contributed by atoms with E-state index in [1.807, 2.05) is 18.2 Å². The molecule has 0 atom stereocenters. The van der Waals surface area contributed by atoms with Crippen LogP contribution in [0.5, 0.6) is 0 Å². The number of benzene rings is 1. The van der Waals surface area contributed by atoms with E-state index < -0.39 is 0 Å². The van der Waals surface area contributed by atoms with Crippen molar-refractivity contribution >= 4 is 5.97 Å². The molecule has 3 heteroatoms. The second kappa shape index (κ2) is 13.4. The summed E-state index contributed by atoms with van der Waals surface area (Å²) in [6, 6.07) is 10.3. The molecule has 1 N–H and O–H groups in total. The quantitative estimate of drug-likeness (QED) is 0.619. The molecule has 0 spiro atoms. The molecule has 0 unspecified atom stereocenters. The molecule has 1 rings (SSSR count). The van der Waals surface area contributed by atoms with Crippen LogP contribution in [-0.4, -0.2) is 24.8 Å². The van der Waals surface area contributed by atoms with E-state index in [1.54, 1.807) is 6.92 Å². The minimum absolute atomic E-state index is 0.359. The number of aliphatic hydroxyl groups is 1. The van der Waals surface area contributed by atoms with Gasteiger partial charge >= 0.3 is 5.97 Å². The summed E-state index contributed by atoms with van der Waals surface area (Å²) in [5, 5.41) is 7.00. The van der Waals surface area contributed by atoms with Crippen molar-refractivity contribution in [2.75, 3.05) is 13.7 Å². The third-order valence-corrected chi connectivity index (χ3v) is 1.39. The molecule has 0 radical (unpaired) electrons. The number of esters is 1. The zero-order valence-electron chi connectivity index (χ0n) is 10.1. The maximum absolute atomic E-state index is 10.1. The van der Waals surface area contributed by atoms with Crippen molar-refractivity contribution in [2.45, 2.75) is 13.8 Å². The zero-order valence-corrected chi connectivity index (χ0v) is 10.1. The van der Waals surface area contributed by atoms with Crippen LogP contribution >= 0.6 is 0 Å². The second-order valence-corrected chi connectivity index (χ2v) is 2.61. The van der Waals surface area contributed by atoms with Crippen molar-refractivity contribution in [3.05, 3.63) is 48.6 Å². The van der Waals surface area contributed by atoms with Gasteiger partial charge in [0.15, 0.2) is 0 Å². The van der Waals surface area contributed by atoms with E-state index in [9.17, 15) is 4.79 Å². The molecule has 16 heavy (non-hydrogen) atoms. The van der Waals surface area contributed by atoms with Crippen molar-refractivity contribution in [2.24, 2.45) is 0 Å². The fourth-order valence-corrected chi connectivity index (χ4v) is 0.736. The van der Waals surface area contributed by atoms with E-state index in [0.29, 0.717) is 6.61 Å². The highest BCUT2D eigenvalue weighted by Gasteiger charge is 1.86. The van der Waals surface area contributed by atoms with Gasteiger partial charge in [-0.3, -0.25) is 0 Å². The van der Waals surface area contributed by atoms with Gasteiger partial charge in [0.1, 0.15) is 0 Å². The molecule has 90 valence electrons. The molecule has 1 aromatic carbocycles. The standard InChI is InChI=1S/C7H8.C5H8O2.CH4O/c1-7-5-3-2-4-6-7;1-3-5(6)7-4-2;1-2/h2-6H,1H3;3H,1,4H2,2H3;2H,1H3. The first kappa shape index (κ1) is 16.8. The van der Waals surface area contributed by atoms with Crippen LogP contribution in [0, 0.1) is 6.92 Å². The summed E-state index contributed by atoms with van der Waals surface area (Å²) >= 11 is 0. The van der Waals surface area contributed by atoms with Gasteiger partial charge in [-0.2, -0.15) is 0 Å². The predicted octanol–water partition coefficient (Wildman–Crippen LogP) is 2.34. The zero-order chi connectivity index (χ0) is 12.8. The SMILES string of the molecule is C=CC(=O)OCC.CO.Cc1ccccc1. The Balaban J connectivity index is 0. The van der Waals surface area contributed by atoms with Crippen LogP contribution in [0.4, 0.5) is 0 Å². The molecule has 0 aromatic heterocycles. The Bertz CT molecular complexity index is 268. The third-order valence-electron chi connectivity index (χ3n) is 1.39. The van der Waals surface area contributed by atoms with Gasteiger partial charge in [-0.25, -0.2) is 4.79 Å². The van der Waals surface area contributed by atoms with E-state index in [0.717, 1.165) is 13.2 Å². The third kappa shape index (κ3) is 12.4. The number of rotatable bonds is 2. The van der Waals surface area contributed by atoms with Gasteiger partial charge in [0, 0.05) is 13.2 Å². The summed E-state index contributed by atoms with van der Waals surface area (Å²) in [5.74, 6) is -0.359. The Morgan fingerprint density at radius 3 is 2.06 bits per heavy atom. The average Bonchev–Trinajstić information content (AvgIpc) is 2.34. The maximum Gasteiger partial charge on any atom is 0.330 e. The molecule has 0 saturated heterocycles. The summed E-state index contributed by atoms with van der Waals surface area (Å²) in [7, 11) is 1.00. The van der Waals surface area contributed by atoms with E-state index in [2.05, 4.69) is 30.4 Å². The number of hydrogen-bond donors (Lipinski definition) is 1. The molecule has 0 bridgehead atoms. The van der Waals surface area contributed by atoms with E-state index >= 15 is 0 Å². The normalized spacial score (nSPS) is 7.50. The van der Waals surface area contributed by atoms with Crippen LogP contribution in [-0.2, 0) is 9.53 Å². The minimum Gasteiger partial charge on any atom is -0.463 e. The van der Waals surface area contributed by atoms with Gasteiger partial charge in [-0.15, -0.1) is 0 Å². The van der Waals surface area contributed by atoms with E-state index in [-0.39, 0.29) is 5.97 Å². The largest absolute Gasteiger partial charge is 0.463 e.